The molecular formula is C24H42O5. The van der Waals surface area contributed by atoms with E-state index in [4.69, 9.17) is 24.4 Å². The summed E-state index contributed by atoms with van der Waals surface area (Å²) in [6, 6.07) is 0. The fraction of sp³-hybridized carbons (Fsp3) is 0.833. The molecule has 0 spiro atoms. The molecule has 0 aromatic heterocycles. The molecule has 0 aromatic carbocycles. The lowest BCUT2D eigenvalue weighted by Gasteiger charge is -2.10. The Morgan fingerprint density at radius 2 is 1.10 bits per heavy atom. The summed E-state index contributed by atoms with van der Waals surface area (Å²) in [6.45, 7) is 6.51. The molecule has 2 atom stereocenters. The molecule has 0 saturated heterocycles. The second-order valence-corrected chi connectivity index (χ2v) is 7.05. The Morgan fingerprint density at radius 3 is 1.48 bits per heavy atom. The molecule has 29 heavy (non-hydrogen) atoms. The maximum absolute atomic E-state index is 8.75. The predicted molar refractivity (Wildman–Crippen MR) is 117 cm³/mol. The van der Waals surface area contributed by atoms with Gasteiger partial charge in [0.2, 0.25) is 0 Å². The van der Waals surface area contributed by atoms with E-state index in [0.717, 1.165) is 64.2 Å². The van der Waals surface area contributed by atoms with E-state index in [1.807, 2.05) is 0 Å². The monoisotopic (exact) mass is 410 g/mol. The first-order valence-corrected chi connectivity index (χ1v) is 11.2. The first-order valence-electron chi connectivity index (χ1n) is 11.2. The van der Waals surface area contributed by atoms with E-state index in [9.17, 15) is 0 Å². The zero-order valence-corrected chi connectivity index (χ0v) is 18.6. The average Bonchev–Trinajstić information content (AvgIpc) is 2.74. The fourth-order valence-electron chi connectivity index (χ4n) is 2.56. The van der Waals surface area contributed by atoms with Crippen molar-refractivity contribution in [3.63, 3.8) is 0 Å². The Bertz CT molecular complexity index is 415. The third-order valence-electron chi connectivity index (χ3n) is 4.57. The Hall–Kier alpha value is -1.08. The van der Waals surface area contributed by atoms with Crippen LogP contribution >= 0.6 is 0 Å². The highest BCUT2D eigenvalue weighted by Gasteiger charge is 2.03. The van der Waals surface area contributed by atoms with Gasteiger partial charge in [0.1, 0.15) is 13.6 Å². The fourth-order valence-corrected chi connectivity index (χ4v) is 2.56. The largest absolute Gasteiger partial charge is 0.396 e. The Balaban J connectivity index is 3.61. The molecule has 5 heteroatoms. The molecule has 168 valence electrons. The van der Waals surface area contributed by atoms with Crippen molar-refractivity contribution in [1.29, 1.82) is 0 Å². The van der Waals surface area contributed by atoms with Crippen molar-refractivity contribution in [3.05, 3.63) is 0 Å². The summed E-state index contributed by atoms with van der Waals surface area (Å²) >= 11 is 0. The van der Waals surface area contributed by atoms with Gasteiger partial charge in [0.25, 0.3) is 0 Å². The molecule has 2 N–H and O–H groups in total. The first kappa shape index (κ1) is 27.9. The van der Waals surface area contributed by atoms with Crippen molar-refractivity contribution in [2.24, 2.45) is 11.8 Å². The lowest BCUT2D eigenvalue weighted by atomic mass is 10.0. The van der Waals surface area contributed by atoms with Crippen molar-refractivity contribution < 1.29 is 24.4 Å². The van der Waals surface area contributed by atoms with Gasteiger partial charge in [0.15, 0.2) is 0 Å². The van der Waals surface area contributed by atoms with Gasteiger partial charge in [0.05, 0.1) is 13.2 Å². The van der Waals surface area contributed by atoms with Gasteiger partial charge in [-0.25, -0.2) is 0 Å². The topological polar surface area (TPSA) is 68.2 Å². The number of ether oxygens (including phenoxy) is 3. The number of hydrogen-bond acceptors (Lipinski definition) is 5. The number of unbranched alkanes of at least 4 members (excludes halogenated alkanes) is 4. The number of aliphatic hydroxyl groups is 2. The molecule has 0 aliphatic carbocycles. The van der Waals surface area contributed by atoms with Gasteiger partial charge in [-0.15, -0.1) is 11.8 Å². The maximum atomic E-state index is 8.75. The second-order valence-electron chi connectivity index (χ2n) is 7.05. The standard InChI is InChI=1S/C24H42O5/c1-3-23(13-9-5-7-11-17-25)15-19-27-21-29-22-28-20-16-24(4-2)14-10-6-8-12-18-26/h23-26H,3-8,11-12,15-22H2,1-2H3. The minimum Gasteiger partial charge on any atom is -0.396 e. The van der Waals surface area contributed by atoms with Gasteiger partial charge in [-0.1, -0.05) is 25.7 Å². The van der Waals surface area contributed by atoms with Crippen molar-refractivity contribution >= 4 is 0 Å². The molecule has 0 bridgehead atoms. The predicted octanol–water partition coefficient (Wildman–Crippen LogP) is 4.12. The molecular weight excluding hydrogens is 368 g/mol. The average molecular weight is 411 g/mol. The minimum atomic E-state index is 0.238. The summed E-state index contributed by atoms with van der Waals surface area (Å²) in [5.41, 5.74) is 0. The van der Waals surface area contributed by atoms with E-state index in [1.165, 1.54) is 0 Å². The van der Waals surface area contributed by atoms with E-state index < -0.39 is 0 Å². The number of aliphatic hydroxyl groups excluding tert-OH is 2. The van der Waals surface area contributed by atoms with Crippen molar-refractivity contribution in [3.8, 4) is 23.7 Å². The summed E-state index contributed by atoms with van der Waals surface area (Å²) in [7, 11) is 0. The summed E-state index contributed by atoms with van der Waals surface area (Å²) in [6.07, 6.45) is 9.12. The molecule has 0 heterocycles. The van der Waals surface area contributed by atoms with Crippen LogP contribution in [-0.4, -0.2) is 50.2 Å². The van der Waals surface area contributed by atoms with Crippen LogP contribution in [0.25, 0.3) is 0 Å². The van der Waals surface area contributed by atoms with Gasteiger partial charge in [-0.3, -0.25) is 0 Å². The maximum Gasteiger partial charge on any atom is 0.149 e. The lowest BCUT2D eigenvalue weighted by Crippen LogP contribution is -2.09. The Labute approximate surface area is 178 Å². The first-order chi connectivity index (χ1) is 14.3. The second kappa shape index (κ2) is 23.2. The van der Waals surface area contributed by atoms with Gasteiger partial charge in [-0.05, 0) is 51.4 Å². The van der Waals surface area contributed by atoms with Crippen molar-refractivity contribution in [2.45, 2.75) is 78.1 Å². The molecule has 5 nitrogen and oxygen atoms in total. The van der Waals surface area contributed by atoms with E-state index in [0.29, 0.717) is 25.0 Å². The summed E-state index contributed by atoms with van der Waals surface area (Å²) < 4.78 is 16.4. The third kappa shape index (κ3) is 20.0. The van der Waals surface area contributed by atoms with Gasteiger partial charge >= 0.3 is 0 Å². The normalized spacial score (nSPS) is 12.6. The Kier molecular flexibility index (Phi) is 22.3. The molecule has 0 aromatic rings. The summed E-state index contributed by atoms with van der Waals surface area (Å²) in [4.78, 5) is 0. The van der Waals surface area contributed by atoms with Crippen molar-refractivity contribution in [1.82, 2.24) is 0 Å². The van der Waals surface area contributed by atoms with E-state index in [2.05, 4.69) is 37.5 Å². The van der Waals surface area contributed by atoms with E-state index in [-0.39, 0.29) is 26.8 Å². The van der Waals surface area contributed by atoms with Crippen LogP contribution in [0.4, 0.5) is 0 Å². The Morgan fingerprint density at radius 1 is 0.655 bits per heavy atom. The van der Waals surface area contributed by atoms with Crippen LogP contribution in [0, 0.1) is 35.5 Å². The van der Waals surface area contributed by atoms with Crippen LogP contribution in [0.3, 0.4) is 0 Å². The van der Waals surface area contributed by atoms with Crippen LogP contribution in [0.1, 0.15) is 78.1 Å². The summed E-state index contributed by atoms with van der Waals surface area (Å²) in [5, 5.41) is 17.5. The smallest absolute Gasteiger partial charge is 0.149 e. The quantitative estimate of drug-likeness (QED) is 0.202. The van der Waals surface area contributed by atoms with Crippen LogP contribution in [0.5, 0.6) is 0 Å². The molecule has 0 aliphatic heterocycles. The zero-order valence-electron chi connectivity index (χ0n) is 18.6. The van der Waals surface area contributed by atoms with Crippen LogP contribution in [-0.2, 0) is 14.2 Å². The highest BCUT2D eigenvalue weighted by Crippen LogP contribution is 2.08. The molecule has 0 fully saturated rings. The summed E-state index contributed by atoms with van der Waals surface area (Å²) in [5.74, 6) is 13.7. The third-order valence-corrected chi connectivity index (χ3v) is 4.57. The van der Waals surface area contributed by atoms with Crippen LogP contribution in [0.2, 0.25) is 0 Å². The highest BCUT2D eigenvalue weighted by atomic mass is 16.7. The highest BCUT2D eigenvalue weighted by molar-refractivity contribution is 5.03. The van der Waals surface area contributed by atoms with Crippen LogP contribution in [0.15, 0.2) is 0 Å². The van der Waals surface area contributed by atoms with E-state index >= 15 is 0 Å². The number of rotatable bonds is 18. The van der Waals surface area contributed by atoms with Gasteiger partial charge in [-0.2, -0.15) is 0 Å². The van der Waals surface area contributed by atoms with Crippen molar-refractivity contribution in [2.75, 3.05) is 40.0 Å². The molecule has 0 amide bonds. The zero-order chi connectivity index (χ0) is 21.4. The molecule has 0 radical (unpaired) electrons. The van der Waals surface area contributed by atoms with Crippen LogP contribution < -0.4 is 0 Å². The lowest BCUT2D eigenvalue weighted by molar-refractivity contribution is -0.132. The van der Waals surface area contributed by atoms with Gasteiger partial charge in [0, 0.05) is 37.9 Å². The molecule has 0 rings (SSSR count). The molecule has 0 saturated carbocycles. The van der Waals surface area contributed by atoms with Gasteiger partial charge < -0.3 is 24.4 Å². The van der Waals surface area contributed by atoms with E-state index in [1.54, 1.807) is 0 Å². The number of hydrogen-bond donors (Lipinski definition) is 2. The SMILES string of the molecule is CCC(C#CCCCCO)CCOCOCOCCC(C#CCCCCO)CC. The minimum absolute atomic E-state index is 0.238. The molecule has 2 unspecified atom stereocenters. The molecule has 0 aliphatic rings.